The van der Waals surface area contributed by atoms with E-state index in [0.29, 0.717) is 0 Å². The van der Waals surface area contributed by atoms with E-state index >= 15 is 0 Å². The van der Waals surface area contributed by atoms with Crippen molar-refractivity contribution in [1.82, 2.24) is 9.97 Å². The molecule has 8 nitrogen and oxygen atoms in total. The van der Waals surface area contributed by atoms with Crippen molar-refractivity contribution in [2.45, 2.75) is 6.42 Å². The van der Waals surface area contributed by atoms with Crippen molar-refractivity contribution in [2.75, 3.05) is 0 Å². The molecule has 3 N–H and O–H groups in total. The SMILES string of the molecule is O=c1[nH]c(O)c(Cc2ccccc2[N+](=O)[O-])c(=O)[nH]1. The first-order valence-electron chi connectivity index (χ1n) is 5.26. The zero-order valence-electron chi connectivity index (χ0n) is 9.54. The van der Waals surface area contributed by atoms with Gasteiger partial charge in [0.25, 0.3) is 11.2 Å². The molecule has 0 saturated carbocycles. The molecule has 0 unspecified atom stereocenters. The highest BCUT2D eigenvalue weighted by atomic mass is 16.6. The van der Waals surface area contributed by atoms with E-state index in [1.807, 2.05) is 9.97 Å². The van der Waals surface area contributed by atoms with Crippen molar-refractivity contribution < 1.29 is 10.0 Å². The smallest absolute Gasteiger partial charge is 0.328 e. The number of benzene rings is 1. The Morgan fingerprint density at radius 3 is 2.53 bits per heavy atom. The van der Waals surface area contributed by atoms with Crippen LogP contribution in [0.15, 0.2) is 33.9 Å². The van der Waals surface area contributed by atoms with E-state index < -0.39 is 22.1 Å². The maximum atomic E-state index is 11.5. The lowest BCUT2D eigenvalue weighted by molar-refractivity contribution is -0.385. The minimum atomic E-state index is -0.839. The number of rotatable bonds is 3. The third-order valence-corrected chi connectivity index (χ3v) is 2.57. The first-order chi connectivity index (χ1) is 8.99. The molecule has 1 aromatic carbocycles. The number of aromatic nitrogens is 2. The summed E-state index contributed by atoms with van der Waals surface area (Å²) < 4.78 is 0. The van der Waals surface area contributed by atoms with Gasteiger partial charge in [-0.05, 0) is 0 Å². The van der Waals surface area contributed by atoms with E-state index in [4.69, 9.17) is 0 Å². The number of aromatic hydroxyl groups is 1. The van der Waals surface area contributed by atoms with E-state index in [1.165, 1.54) is 18.2 Å². The van der Waals surface area contributed by atoms with Gasteiger partial charge in [-0.15, -0.1) is 0 Å². The third-order valence-electron chi connectivity index (χ3n) is 2.57. The van der Waals surface area contributed by atoms with E-state index in [9.17, 15) is 24.8 Å². The fourth-order valence-electron chi connectivity index (χ4n) is 1.69. The lowest BCUT2D eigenvalue weighted by Crippen LogP contribution is -2.25. The van der Waals surface area contributed by atoms with E-state index in [2.05, 4.69) is 0 Å². The summed E-state index contributed by atoms with van der Waals surface area (Å²) in [7, 11) is 0. The third kappa shape index (κ3) is 2.51. The van der Waals surface area contributed by atoms with Gasteiger partial charge in [-0.25, -0.2) is 4.79 Å². The molecule has 8 heteroatoms. The van der Waals surface area contributed by atoms with Crippen LogP contribution in [0.4, 0.5) is 5.69 Å². The summed E-state index contributed by atoms with van der Waals surface area (Å²) in [6, 6.07) is 5.85. The number of hydrogen-bond donors (Lipinski definition) is 3. The number of para-hydroxylation sites is 1. The summed E-state index contributed by atoms with van der Waals surface area (Å²) in [5, 5.41) is 20.4. The summed E-state index contributed by atoms with van der Waals surface area (Å²) in [5.41, 5.74) is -1.64. The van der Waals surface area contributed by atoms with Gasteiger partial charge in [0.1, 0.15) is 0 Å². The van der Waals surface area contributed by atoms with Crippen LogP contribution in [0.3, 0.4) is 0 Å². The number of H-pyrrole nitrogens is 2. The average Bonchev–Trinajstić information content (AvgIpc) is 2.34. The zero-order valence-corrected chi connectivity index (χ0v) is 9.54. The second-order valence-electron chi connectivity index (χ2n) is 3.80. The normalized spacial score (nSPS) is 10.3. The molecule has 0 aliphatic heterocycles. The molecule has 2 rings (SSSR count). The van der Waals surface area contributed by atoms with Crippen molar-refractivity contribution >= 4 is 5.69 Å². The fraction of sp³-hybridized carbons (Fsp3) is 0.0909. The van der Waals surface area contributed by atoms with Gasteiger partial charge in [0.2, 0.25) is 5.88 Å². The summed E-state index contributed by atoms with van der Waals surface area (Å²) >= 11 is 0. The molecule has 0 spiro atoms. The van der Waals surface area contributed by atoms with Crippen LogP contribution in [0.5, 0.6) is 5.88 Å². The largest absolute Gasteiger partial charge is 0.494 e. The number of nitro benzene ring substituents is 1. The minimum absolute atomic E-state index is 0.131. The van der Waals surface area contributed by atoms with Crippen LogP contribution >= 0.6 is 0 Å². The summed E-state index contributed by atoms with van der Waals surface area (Å²) in [5.74, 6) is -0.591. The fourth-order valence-corrected chi connectivity index (χ4v) is 1.69. The van der Waals surface area contributed by atoms with Crippen molar-refractivity contribution in [3.05, 3.63) is 66.3 Å². The quantitative estimate of drug-likeness (QED) is 0.540. The molecule has 0 radical (unpaired) electrons. The number of nitrogens with one attached hydrogen (secondary N) is 2. The van der Waals surface area contributed by atoms with Crippen LogP contribution in [0.1, 0.15) is 11.1 Å². The first kappa shape index (κ1) is 12.6. The van der Waals surface area contributed by atoms with Crippen molar-refractivity contribution in [1.29, 1.82) is 0 Å². The number of nitro groups is 1. The maximum Gasteiger partial charge on any atom is 0.328 e. The van der Waals surface area contributed by atoms with Crippen LogP contribution in [0.2, 0.25) is 0 Å². The molecule has 0 bridgehead atoms. The van der Waals surface area contributed by atoms with Gasteiger partial charge in [0.15, 0.2) is 0 Å². The van der Waals surface area contributed by atoms with Crippen LogP contribution < -0.4 is 11.2 Å². The van der Waals surface area contributed by atoms with Gasteiger partial charge >= 0.3 is 5.69 Å². The van der Waals surface area contributed by atoms with Crippen LogP contribution in [0.25, 0.3) is 0 Å². The molecular formula is C11H9N3O5. The Kier molecular flexibility index (Phi) is 3.15. The highest BCUT2D eigenvalue weighted by Gasteiger charge is 2.16. The molecule has 98 valence electrons. The minimum Gasteiger partial charge on any atom is -0.494 e. The summed E-state index contributed by atoms with van der Waals surface area (Å²) in [6.07, 6.45) is -0.158. The van der Waals surface area contributed by atoms with Crippen LogP contribution in [-0.4, -0.2) is 20.0 Å². The predicted molar refractivity (Wildman–Crippen MR) is 65.3 cm³/mol. The Labute approximate surface area is 105 Å². The Balaban J connectivity index is 2.51. The second-order valence-corrected chi connectivity index (χ2v) is 3.80. The maximum absolute atomic E-state index is 11.5. The van der Waals surface area contributed by atoms with E-state index in [1.54, 1.807) is 6.07 Å². The molecule has 2 aromatic rings. The van der Waals surface area contributed by atoms with Crippen molar-refractivity contribution in [2.24, 2.45) is 0 Å². The molecule has 0 aliphatic rings. The van der Waals surface area contributed by atoms with Crippen molar-refractivity contribution in [3.8, 4) is 5.88 Å². The standard InChI is InChI=1S/C11H9N3O5/c15-9-7(10(16)13-11(17)12-9)5-6-3-1-2-4-8(6)14(18)19/h1-4H,5H2,(H3,12,13,15,16,17). The van der Waals surface area contributed by atoms with Gasteiger partial charge in [0.05, 0.1) is 10.5 Å². The van der Waals surface area contributed by atoms with Crippen LogP contribution in [-0.2, 0) is 6.42 Å². The highest BCUT2D eigenvalue weighted by molar-refractivity contribution is 5.43. The van der Waals surface area contributed by atoms with E-state index in [0.717, 1.165) is 0 Å². The molecule has 0 aliphatic carbocycles. The molecule has 0 atom stereocenters. The van der Waals surface area contributed by atoms with E-state index in [-0.39, 0.29) is 23.2 Å². The van der Waals surface area contributed by atoms with Crippen LogP contribution in [0, 0.1) is 10.1 Å². The Morgan fingerprint density at radius 1 is 1.21 bits per heavy atom. The van der Waals surface area contributed by atoms with Crippen molar-refractivity contribution in [3.63, 3.8) is 0 Å². The van der Waals surface area contributed by atoms with Gasteiger partial charge < -0.3 is 5.11 Å². The molecule has 1 aromatic heterocycles. The number of nitrogens with zero attached hydrogens (tertiary/aromatic N) is 1. The number of aromatic amines is 2. The Bertz CT molecular complexity index is 746. The molecule has 19 heavy (non-hydrogen) atoms. The first-order valence-corrected chi connectivity index (χ1v) is 5.26. The molecule has 0 saturated heterocycles. The second kappa shape index (κ2) is 4.77. The molecule has 1 heterocycles. The predicted octanol–water partition coefficient (Wildman–Crippen LogP) is 0.268. The molecular weight excluding hydrogens is 254 g/mol. The summed E-state index contributed by atoms with van der Waals surface area (Å²) in [4.78, 5) is 36.7. The average molecular weight is 263 g/mol. The van der Waals surface area contributed by atoms with Gasteiger partial charge in [-0.2, -0.15) is 0 Å². The van der Waals surface area contributed by atoms with Gasteiger partial charge in [0, 0.05) is 18.1 Å². The summed E-state index contributed by atoms with van der Waals surface area (Å²) in [6.45, 7) is 0. The molecule has 0 fully saturated rings. The topological polar surface area (TPSA) is 129 Å². The lowest BCUT2D eigenvalue weighted by atomic mass is 10.1. The van der Waals surface area contributed by atoms with Gasteiger partial charge in [-0.3, -0.25) is 24.9 Å². The number of hydrogen-bond acceptors (Lipinski definition) is 5. The highest BCUT2D eigenvalue weighted by Crippen LogP contribution is 2.21. The van der Waals surface area contributed by atoms with Gasteiger partial charge in [-0.1, -0.05) is 18.2 Å². The molecule has 0 amide bonds. The monoisotopic (exact) mass is 263 g/mol. The lowest BCUT2D eigenvalue weighted by Gasteiger charge is -2.03. The zero-order chi connectivity index (χ0) is 14.0. The Morgan fingerprint density at radius 2 is 1.89 bits per heavy atom. The Hall–Kier alpha value is -2.90.